The van der Waals surface area contributed by atoms with E-state index < -0.39 is 0 Å². The number of nitrogens with zero attached hydrogens (tertiary/aromatic N) is 2. The topological polar surface area (TPSA) is 63.7 Å². The predicted molar refractivity (Wildman–Crippen MR) is 140 cm³/mol. The Morgan fingerprint density at radius 3 is 2.94 bits per heavy atom. The van der Waals surface area contributed by atoms with Gasteiger partial charge in [0, 0.05) is 25.2 Å². The number of aryl methyl sites for hydroxylation is 2. The Hall–Kier alpha value is -3.38. The smallest absolute Gasteiger partial charge is 0.313 e. The molecule has 2 aliphatic heterocycles. The van der Waals surface area contributed by atoms with Crippen LogP contribution in [0.4, 0.5) is 5.82 Å². The van der Waals surface area contributed by atoms with Crippen molar-refractivity contribution in [3.05, 3.63) is 76.3 Å². The summed E-state index contributed by atoms with van der Waals surface area (Å²) in [5.74, 6) is 2.00. The Morgan fingerprint density at radius 1 is 1.19 bits per heavy atom. The first kappa shape index (κ1) is 23.0. The van der Waals surface area contributed by atoms with Crippen LogP contribution in [0.1, 0.15) is 34.2 Å². The van der Waals surface area contributed by atoms with E-state index in [4.69, 9.17) is 14.5 Å². The second kappa shape index (κ2) is 8.93. The molecule has 2 aromatic carbocycles. The number of methoxy groups -OCH3 is 1. The molecule has 6 nitrogen and oxygen atoms in total. The van der Waals surface area contributed by atoms with E-state index in [9.17, 15) is 4.79 Å². The highest BCUT2D eigenvalue weighted by atomic mass is 16.5. The van der Waals surface area contributed by atoms with Crippen molar-refractivity contribution in [3.63, 3.8) is 0 Å². The van der Waals surface area contributed by atoms with Gasteiger partial charge in [-0.15, -0.1) is 0 Å². The van der Waals surface area contributed by atoms with E-state index in [0.29, 0.717) is 19.1 Å². The molecule has 1 aliphatic carbocycles. The van der Waals surface area contributed by atoms with Crippen LogP contribution in [-0.4, -0.2) is 37.7 Å². The number of hydrogen-bond donors (Lipinski definition) is 1. The number of benzene rings is 2. The van der Waals surface area contributed by atoms with Gasteiger partial charge in [-0.3, -0.25) is 4.79 Å². The van der Waals surface area contributed by atoms with Gasteiger partial charge in [0.1, 0.15) is 18.2 Å². The fourth-order valence-electron chi connectivity index (χ4n) is 6.02. The molecule has 3 aliphatic rings. The molecule has 2 fully saturated rings. The molecule has 3 heterocycles. The van der Waals surface area contributed by atoms with Crippen molar-refractivity contribution < 1.29 is 14.3 Å². The number of fused-ring (bicyclic) bond motifs is 2. The zero-order valence-corrected chi connectivity index (χ0v) is 21.3. The maximum absolute atomic E-state index is 12.3. The molecule has 6 rings (SSSR count). The Morgan fingerprint density at radius 2 is 2.08 bits per heavy atom. The molecular formula is C30H33N3O3. The van der Waals surface area contributed by atoms with Gasteiger partial charge in [-0.05, 0) is 85.7 Å². The van der Waals surface area contributed by atoms with Crippen LogP contribution in [0.25, 0.3) is 11.3 Å². The summed E-state index contributed by atoms with van der Waals surface area (Å²) in [6.45, 7) is 8.29. The van der Waals surface area contributed by atoms with Crippen molar-refractivity contribution in [2.24, 2.45) is 11.3 Å². The van der Waals surface area contributed by atoms with Crippen molar-refractivity contribution in [2.75, 3.05) is 31.6 Å². The predicted octanol–water partition coefficient (Wildman–Crippen LogP) is 4.59. The van der Waals surface area contributed by atoms with Gasteiger partial charge in [-0.1, -0.05) is 29.8 Å². The molecular weight excluding hydrogens is 450 g/mol. The number of pyridine rings is 1. The number of piperidine rings is 1. The number of carbonyl (C=O) groups excluding carboxylic acids is 1. The van der Waals surface area contributed by atoms with E-state index in [2.05, 4.69) is 48.3 Å². The van der Waals surface area contributed by atoms with Gasteiger partial charge in [0.15, 0.2) is 0 Å². The molecule has 6 heteroatoms. The van der Waals surface area contributed by atoms with E-state index in [1.54, 1.807) is 0 Å². The molecule has 0 unspecified atom stereocenters. The molecule has 0 bridgehead atoms. The van der Waals surface area contributed by atoms with Crippen LogP contribution in [0.2, 0.25) is 0 Å². The minimum absolute atomic E-state index is 0.0887. The molecule has 2 atom stereocenters. The molecule has 0 spiro atoms. The van der Waals surface area contributed by atoms with Gasteiger partial charge in [0.2, 0.25) is 0 Å². The van der Waals surface area contributed by atoms with E-state index in [-0.39, 0.29) is 11.4 Å². The summed E-state index contributed by atoms with van der Waals surface area (Å²) in [5, 5.41) is 3.47. The number of anilines is 1. The Labute approximate surface area is 212 Å². The fourth-order valence-corrected chi connectivity index (χ4v) is 6.02. The third-order valence-electron chi connectivity index (χ3n) is 8.10. The minimum Gasteiger partial charge on any atom is -0.488 e. The van der Waals surface area contributed by atoms with Gasteiger partial charge in [0.25, 0.3) is 0 Å². The molecule has 1 N–H and O–H groups in total. The van der Waals surface area contributed by atoms with Crippen molar-refractivity contribution in [1.29, 1.82) is 0 Å². The lowest BCUT2D eigenvalue weighted by molar-refractivity contribution is -0.146. The van der Waals surface area contributed by atoms with E-state index in [1.807, 2.05) is 24.3 Å². The highest BCUT2D eigenvalue weighted by molar-refractivity contribution is 5.83. The zero-order valence-electron chi connectivity index (χ0n) is 21.3. The summed E-state index contributed by atoms with van der Waals surface area (Å²) < 4.78 is 11.5. The molecule has 1 saturated carbocycles. The fraction of sp³-hybridized carbons (Fsp3) is 0.400. The number of carbonyl (C=O) groups is 1. The first-order chi connectivity index (χ1) is 17.5. The van der Waals surface area contributed by atoms with Gasteiger partial charge in [-0.25, -0.2) is 4.98 Å². The summed E-state index contributed by atoms with van der Waals surface area (Å²) in [6.07, 6.45) is 1.98. The number of esters is 1. The lowest BCUT2D eigenvalue weighted by Gasteiger charge is -2.22. The standard InChI is InChI=1S/C30H33N3O3/c1-19-7-8-27(36-17-21-12-20(2)25-15-31-10-9-22(25)13-21)24(11-19)26-5-4-6-28(32-26)33-16-23-14-30(23,18-33)29(34)35-3/h4-8,11-13,23,31H,9-10,14-18H2,1-3H3/t23-,30-/m0/s1. The number of ether oxygens (including phenoxy) is 2. The molecule has 36 heavy (non-hydrogen) atoms. The van der Waals surface area contributed by atoms with Crippen molar-refractivity contribution >= 4 is 11.8 Å². The number of nitrogens with one attached hydrogen (secondary N) is 1. The molecule has 0 amide bonds. The average Bonchev–Trinajstić information content (AvgIpc) is 3.47. The van der Waals surface area contributed by atoms with Gasteiger partial charge in [0.05, 0.1) is 18.2 Å². The third-order valence-corrected chi connectivity index (χ3v) is 8.10. The van der Waals surface area contributed by atoms with Crippen LogP contribution in [0.3, 0.4) is 0 Å². The van der Waals surface area contributed by atoms with Crippen molar-refractivity contribution in [2.45, 2.75) is 39.8 Å². The largest absolute Gasteiger partial charge is 0.488 e. The Kier molecular flexibility index (Phi) is 5.72. The number of rotatable bonds is 6. The van der Waals surface area contributed by atoms with Crippen LogP contribution in [-0.2, 0) is 29.1 Å². The molecule has 0 radical (unpaired) electrons. The normalized spacial score (nSPS) is 22.1. The third kappa shape index (κ3) is 4.03. The summed E-state index contributed by atoms with van der Waals surface area (Å²) >= 11 is 0. The summed E-state index contributed by atoms with van der Waals surface area (Å²) in [6, 6.07) is 16.9. The quantitative estimate of drug-likeness (QED) is 0.518. The molecule has 186 valence electrons. The van der Waals surface area contributed by atoms with Crippen molar-refractivity contribution in [1.82, 2.24) is 10.3 Å². The zero-order chi connectivity index (χ0) is 24.9. The van der Waals surface area contributed by atoms with Gasteiger partial charge in [-0.2, -0.15) is 0 Å². The van der Waals surface area contributed by atoms with Crippen LogP contribution in [0, 0.1) is 25.2 Å². The second-order valence-electron chi connectivity index (χ2n) is 10.6. The van der Waals surface area contributed by atoms with Crippen LogP contribution < -0.4 is 15.0 Å². The maximum Gasteiger partial charge on any atom is 0.313 e. The first-order valence-electron chi connectivity index (χ1n) is 12.8. The highest BCUT2D eigenvalue weighted by Crippen LogP contribution is 2.59. The van der Waals surface area contributed by atoms with Gasteiger partial charge >= 0.3 is 5.97 Å². The lowest BCUT2D eigenvalue weighted by atomic mass is 9.94. The average molecular weight is 484 g/mol. The first-order valence-corrected chi connectivity index (χ1v) is 12.8. The molecule has 1 aromatic heterocycles. The SMILES string of the molecule is COC(=O)[C@]12C[C@H]1CN(c1cccc(-c3cc(C)ccc3OCc3cc(C)c4c(c3)CCNC4)n1)C2. The summed E-state index contributed by atoms with van der Waals surface area (Å²) in [5.41, 5.74) is 8.07. The second-order valence-corrected chi connectivity index (χ2v) is 10.6. The van der Waals surface area contributed by atoms with Crippen molar-refractivity contribution in [3.8, 4) is 17.0 Å². The monoisotopic (exact) mass is 483 g/mol. The van der Waals surface area contributed by atoms with E-state index >= 15 is 0 Å². The van der Waals surface area contributed by atoms with Crippen LogP contribution in [0.15, 0.2) is 48.5 Å². The summed E-state index contributed by atoms with van der Waals surface area (Å²) in [7, 11) is 1.48. The summed E-state index contributed by atoms with van der Waals surface area (Å²) in [4.78, 5) is 19.6. The Bertz CT molecular complexity index is 1340. The number of aromatic nitrogens is 1. The minimum atomic E-state index is -0.340. The van der Waals surface area contributed by atoms with Crippen LogP contribution >= 0.6 is 0 Å². The Balaban J connectivity index is 1.24. The molecule has 3 aromatic rings. The van der Waals surface area contributed by atoms with Crippen LogP contribution in [0.5, 0.6) is 5.75 Å². The van der Waals surface area contributed by atoms with E-state index in [0.717, 1.165) is 60.9 Å². The van der Waals surface area contributed by atoms with Gasteiger partial charge < -0.3 is 19.7 Å². The maximum atomic E-state index is 12.3. The highest BCUT2D eigenvalue weighted by Gasteiger charge is 2.66. The van der Waals surface area contributed by atoms with E-state index in [1.165, 1.54) is 29.4 Å². The number of hydrogen-bond acceptors (Lipinski definition) is 6. The lowest BCUT2D eigenvalue weighted by Crippen LogP contribution is -2.29. The molecule has 1 saturated heterocycles.